The lowest BCUT2D eigenvalue weighted by atomic mass is 10.0. The van der Waals surface area contributed by atoms with Gasteiger partial charge in [0, 0.05) is 49.4 Å². The summed E-state index contributed by atoms with van der Waals surface area (Å²) >= 11 is 0. The number of halogens is 1. The highest BCUT2D eigenvalue weighted by Crippen LogP contribution is 2.39. The van der Waals surface area contributed by atoms with Crippen molar-refractivity contribution in [3.63, 3.8) is 0 Å². The third-order valence-corrected chi connectivity index (χ3v) is 6.69. The SMILES string of the molecule is COc1ccc(OCCN2CCOCC2)cc1/C=C1/C(=O)N(CN2CCOCC2)c2ccccc21.Cl. The Kier molecular flexibility index (Phi) is 9.23. The maximum atomic E-state index is 13.6. The van der Waals surface area contributed by atoms with E-state index >= 15 is 0 Å². The Morgan fingerprint density at radius 2 is 1.64 bits per heavy atom. The molecule has 5 rings (SSSR count). The molecule has 0 saturated carbocycles. The van der Waals surface area contributed by atoms with Gasteiger partial charge in [-0.1, -0.05) is 18.2 Å². The van der Waals surface area contributed by atoms with Crippen molar-refractivity contribution in [3.05, 3.63) is 53.6 Å². The number of carbonyl (C=O) groups is 1. The van der Waals surface area contributed by atoms with Gasteiger partial charge in [-0.05, 0) is 30.3 Å². The Morgan fingerprint density at radius 1 is 0.944 bits per heavy atom. The number of anilines is 1. The molecule has 194 valence electrons. The first-order chi connectivity index (χ1) is 17.2. The Hall–Kier alpha value is -2.62. The number of hydrogen-bond acceptors (Lipinski definition) is 7. The number of benzene rings is 2. The molecule has 36 heavy (non-hydrogen) atoms. The molecule has 1 amide bonds. The predicted molar refractivity (Wildman–Crippen MR) is 142 cm³/mol. The van der Waals surface area contributed by atoms with Crippen molar-refractivity contribution in [1.82, 2.24) is 9.80 Å². The van der Waals surface area contributed by atoms with E-state index in [-0.39, 0.29) is 18.3 Å². The van der Waals surface area contributed by atoms with E-state index in [1.54, 1.807) is 7.11 Å². The minimum absolute atomic E-state index is 0. The first kappa shape index (κ1) is 26.4. The molecular weight excluding hydrogens is 482 g/mol. The molecule has 0 bridgehead atoms. The molecule has 2 aromatic carbocycles. The lowest BCUT2D eigenvalue weighted by Crippen LogP contribution is -2.45. The van der Waals surface area contributed by atoms with Crippen LogP contribution >= 0.6 is 12.4 Å². The molecule has 0 aliphatic carbocycles. The van der Waals surface area contributed by atoms with Crippen molar-refractivity contribution >= 4 is 35.7 Å². The van der Waals surface area contributed by atoms with Gasteiger partial charge in [0.25, 0.3) is 5.91 Å². The number of hydrogen-bond donors (Lipinski definition) is 0. The number of rotatable bonds is 8. The zero-order chi connectivity index (χ0) is 24.0. The maximum absolute atomic E-state index is 13.6. The maximum Gasteiger partial charge on any atom is 0.260 e. The zero-order valence-electron chi connectivity index (χ0n) is 20.7. The quantitative estimate of drug-likeness (QED) is 0.501. The summed E-state index contributed by atoms with van der Waals surface area (Å²) in [6, 6.07) is 13.7. The van der Waals surface area contributed by atoms with Crippen LogP contribution in [0.15, 0.2) is 42.5 Å². The van der Waals surface area contributed by atoms with Crippen LogP contribution in [0.5, 0.6) is 11.5 Å². The molecule has 0 unspecified atom stereocenters. The van der Waals surface area contributed by atoms with Crippen molar-refractivity contribution in [2.45, 2.75) is 0 Å². The minimum Gasteiger partial charge on any atom is -0.496 e. The van der Waals surface area contributed by atoms with Gasteiger partial charge in [0.15, 0.2) is 0 Å². The van der Waals surface area contributed by atoms with Crippen molar-refractivity contribution in [3.8, 4) is 11.5 Å². The van der Waals surface area contributed by atoms with E-state index in [4.69, 9.17) is 18.9 Å². The Balaban J connectivity index is 0.00000304. The van der Waals surface area contributed by atoms with Crippen LogP contribution in [-0.4, -0.2) is 95.2 Å². The summed E-state index contributed by atoms with van der Waals surface area (Å²) in [6.45, 7) is 8.47. The fourth-order valence-electron chi connectivity index (χ4n) is 4.72. The van der Waals surface area contributed by atoms with Gasteiger partial charge in [-0.15, -0.1) is 12.4 Å². The van der Waals surface area contributed by atoms with Gasteiger partial charge < -0.3 is 18.9 Å². The molecule has 8 nitrogen and oxygen atoms in total. The van der Waals surface area contributed by atoms with Crippen LogP contribution in [0.2, 0.25) is 0 Å². The van der Waals surface area contributed by atoms with Crippen LogP contribution in [0, 0.1) is 0 Å². The van der Waals surface area contributed by atoms with Gasteiger partial charge in [-0.2, -0.15) is 0 Å². The number of methoxy groups -OCH3 is 1. The van der Waals surface area contributed by atoms with Crippen molar-refractivity contribution < 1.29 is 23.7 Å². The molecule has 0 N–H and O–H groups in total. The monoisotopic (exact) mass is 515 g/mol. The van der Waals surface area contributed by atoms with Crippen LogP contribution in [0.3, 0.4) is 0 Å². The molecule has 0 radical (unpaired) electrons. The average Bonchev–Trinajstić information content (AvgIpc) is 3.16. The van der Waals surface area contributed by atoms with E-state index in [0.29, 0.717) is 37.8 Å². The second-order valence-electron chi connectivity index (χ2n) is 8.89. The largest absolute Gasteiger partial charge is 0.496 e. The summed E-state index contributed by atoms with van der Waals surface area (Å²) in [4.78, 5) is 20.0. The van der Waals surface area contributed by atoms with Crippen molar-refractivity contribution in [2.75, 3.05) is 84.4 Å². The van der Waals surface area contributed by atoms with Crippen LogP contribution in [0.1, 0.15) is 11.1 Å². The molecule has 0 spiro atoms. The number of fused-ring (bicyclic) bond motifs is 1. The highest BCUT2D eigenvalue weighted by molar-refractivity contribution is 6.35. The minimum atomic E-state index is -0.00150. The third-order valence-electron chi connectivity index (χ3n) is 6.69. The van der Waals surface area contributed by atoms with Crippen LogP contribution < -0.4 is 14.4 Å². The first-order valence-corrected chi connectivity index (χ1v) is 12.3. The number of nitrogens with zero attached hydrogens (tertiary/aromatic N) is 3. The summed E-state index contributed by atoms with van der Waals surface area (Å²) in [5.41, 5.74) is 3.36. The molecule has 3 aliphatic heterocycles. The van der Waals surface area contributed by atoms with Crippen LogP contribution in [0.4, 0.5) is 5.69 Å². The summed E-state index contributed by atoms with van der Waals surface area (Å²) in [6.07, 6.45) is 1.92. The van der Waals surface area contributed by atoms with Crippen LogP contribution in [0.25, 0.3) is 11.6 Å². The Labute approximate surface area is 218 Å². The number of carbonyl (C=O) groups excluding carboxylic acids is 1. The van der Waals surface area contributed by atoms with Gasteiger partial charge in [0.1, 0.15) is 18.1 Å². The van der Waals surface area contributed by atoms with E-state index in [0.717, 1.165) is 68.5 Å². The van der Waals surface area contributed by atoms with Gasteiger partial charge in [-0.25, -0.2) is 0 Å². The third kappa shape index (κ3) is 6.02. The normalized spacial score (nSPS) is 19.8. The number of ether oxygens (including phenoxy) is 4. The lowest BCUT2D eigenvalue weighted by molar-refractivity contribution is -0.113. The molecule has 3 heterocycles. The highest BCUT2D eigenvalue weighted by Gasteiger charge is 2.33. The van der Waals surface area contributed by atoms with Gasteiger partial charge >= 0.3 is 0 Å². The average molecular weight is 516 g/mol. The van der Waals surface area contributed by atoms with E-state index in [1.807, 2.05) is 53.4 Å². The smallest absolute Gasteiger partial charge is 0.260 e. The molecule has 2 saturated heterocycles. The van der Waals surface area contributed by atoms with E-state index in [1.165, 1.54) is 0 Å². The second-order valence-corrected chi connectivity index (χ2v) is 8.89. The second kappa shape index (κ2) is 12.6. The van der Waals surface area contributed by atoms with Crippen molar-refractivity contribution in [2.24, 2.45) is 0 Å². The molecule has 2 aromatic rings. The molecule has 2 fully saturated rings. The van der Waals surface area contributed by atoms with Gasteiger partial charge in [0.05, 0.1) is 45.9 Å². The lowest BCUT2D eigenvalue weighted by Gasteiger charge is -2.30. The van der Waals surface area contributed by atoms with E-state index in [2.05, 4.69) is 9.80 Å². The Bertz CT molecular complexity index is 1070. The topological polar surface area (TPSA) is 63.7 Å². The number of morpholine rings is 2. The fourth-order valence-corrected chi connectivity index (χ4v) is 4.72. The summed E-state index contributed by atoms with van der Waals surface area (Å²) in [5, 5.41) is 0. The fraction of sp³-hybridized carbons (Fsp3) is 0.444. The summed E-state index contributed by atoms with van der Waals surface area (Å²) < 4.78 is 22.5. The van der Waals surface area contributed by atoms with Gasteiger partial charge in [-0.3, -0.25) is 19.5 Å². The summed E-state index contributed by atoms with van der Waals surface area (Å²) in [7, 11) is 1.64. The van der Waals surface area contributed by atoms with Gasteiger partial charge in [0.2, 0.25) is 0 Å². The molecule has 0 atom stereocenters. The number of amides is 1. The zero-order valence-corrected chi connectivity index (χ0v) is 21.5. The molecule has 3 aliphatic rings. The van der Waals surface area contributed by atoms with E-state index in [9.17, 15) is 4.79 Å². The first-order valence-electron chi connectivity index (χ1n) is 12.3. The molecule has 0 aromatic heterocycles. The molecule has 9 heteroatoms. The molecular formula is C27H34ClN3O5. The van der Waals surface area contributed by atoms with Crippen molar-refractivity contribution in [1.29, 1.82) is 0 Å². The highest BCUT2D eigenvalue weighted by atomic mass is 35.5. The summed E-state index contributed by atoms with van der Waals surface area (Å²) in [5.74, 6) is 1.46. The standard InChI is InChI=1S/C27H33N3O5.ClH/c1-32-26-7-6-22(35-17-12-28-8-13-33-14-9-28)18-21(26)19-24-23-4-2-3-5-25(23)30(27(24)31)20-29-10-15-34-16-11-29;/h2-7,18-19H,8-17,20H2,1H3;1H/b24-19+;. The number of para-hydroxylation sites is 1. The van der Waals surface area contributed by atoms with E-state index < -0.39 is 0 Å². The van der Waals surface area contributed by atoms with Crippen LogP contribution in [-0.2, 0) is 14.3 Å². The predicted octanol–water partition coefficient (Wildman–Crippen LogP) is 3.00. The Morgan fingerprint density at radius 3 is 2.36 bits per heavy atom.